The molecule has 1 saturated heterocycles. The van der Waals surface area contributed by atoms with Gasteiger partial charge in [0, 0.05) is 36.7 Å². The van der Waals surface area contributed by atoms with Crippen LogP contribution in [-0.4, -0.2) is 40.3 Å². The summed E-state index contributed by atoms with van der Waals surface area (Å²) in [5.41, 5.74) is 0. The highest BCUT2D eigenvalue weighted by atomic mass is 32.2. The average Bonchev–Trinajstić information content (AvgIpc) is 3.15. The molecule has 1 aromatic heterocycles. The molecule has 1 aliphatic heterocycles. The summed E-state index contributed by atoms with van der Waals surface area (Å²) in [6, 6.07) is 4.35. The molecule has 3 rings (SSSR count). The lowest BCUT2D eigenvalue weighted by Gasteiger charge is -2.22. The molecule has 2 fully saturated rings. The molecule has 0 bridgehead atoms. The quantitative estimate of drug-likeness (QED) is 0.795. The van der Waals surface area contributed by atoms with E-state index in [2.05, 4.69) is 10.0 Å². The fourth-order valence-electron chi connectivity index (χ4n) is 2.42. The largest absolute Gasteiger partial charge is 0.381 e. The smallest absolute Gasteiger partial charge is 0.250 e. The molecule has 0 aromatic carbocycles. The summed E-state index contributed by atoms with van der Waals surface area (Å²) in [4.78, 5) is 1.12. The summed E-state index contributed by atoms with van der Waals surface area (Å²) >= 11 is 1.38. The molecule has 0 spiro atoms. The van der Waals surface area contributed by atoms with E-state index in [0.717, 1.165) is 30.7 Å². The zero-order chi connectivity index (χ0) is 14.7. The van der Waals surface area contributed by atoms with Crippen LogP contribution < -0.4 is 10.0 Å². The summed E-state index contributed by atoms with van der Waals surface area (Å²) in [6.45, 7) is 2.20. The molecular formula is C14H22N2O3S2. The van der Waals surface area contributed by atoms with E-state index in [4.69, 9.17) is 4.74 Å². The summed E-state index contributed by atoms with van der Waals surface area (Å²) in [7, 11) is -3.38. The van der Waals surface area contributed by atoms with Crippen molar-refractivity contribution >= 4 is 21.4 Å². The maximum Gasteiger partial charge on any atom is 0.250 e. The van der Waals surface area contributed by atoms with Crippen molar-refractivity contribution < 1.29 is 13.2 Å². The second kappa shape index (κ2) is 6.75. The van der Waals surface area contributed by atoms with Crippen LogP contribution in [0.1, 0.15) is 30.6 Å². The van der Waals surface area contributed by atoms with Gasteiger partial charge < -0.3 is 10.1 Å². The van der Waals surface area contributed by atoms with Crippen molar-refractivity contribution in [3.05, 3.63) is 17.0 Å². The number of ether oxygens (including phenoxy) is 1. The highest BCUT2D eigenvalue weighted by Crippen LogP contribution is 2.24. The molecule has 118 valence electrons. The Morgan fingerprint density at radius 3 is 2.62 bits per heavy atom. The zero-order valence-corrected chi connectivity index (χ0v) is 13.6. The van der Waals surface area contributed by atoms with E-state index in [9.17, 15) is 8.42 Å². The summed E-state index contributed by atoms with van der Waals surface area (Å²) in [6.07, 6.45) is 4.96. The van der Waals surface area contributed by atoms with Crippen LogP contribution in [-0.2, 0) is 21.2 Å². The van der Waals surface area contributed by atoms with Gasteiger partial charge in [0.1, 0.15) is 4.21 Å². The molecule has 2 N–H and O–H groups in total. The molecule has 1 aromatic rings. The number of nitrogens with one attached hydrogen (secondary N) is 2. The van der Waals surface area contributed by atoms with Crippen molar-refractivity contribution in [1.82, 2.24) is 10.0 Å². The predicted octanol–water partition coefficient (Wildman–Crippen LogP) is 1.50. The van der Waals surface area contributed by atoms with Crippen LogP contribution in [0.4, 0.5) is 0 Å². The van der Waals surface area contributed by atoms with Crippen LogP contribution >= 0.6 is 11.3 Å². The fraction of sp³-hybridized carbons (Fsp3) is 0.714. The van der Waals surface area contributed by atoms with Crippen LogP contribution in [0.3, 0.4) is 0 Å². The molecule has 21 heavy (non-hydrogen) atoms. The minimum absolute atomic E-state index is 0.00540. The first-order chi connectivity index (χ1) is 10.1. The van der Waals surface area contributed by atoms with Gasteiger partial charge in [-0.2, -0.15) is 0 Å². The van der Waals surface area contributed by atoms with E-state index in [1.807, 2.05) is 6.07 Å². The van der Waals surface area contributed by atoms with Gasteiger partial charge in [-0.05, 0) is 44.2 Å². The minimum Gasteiger partial charge on any atom is -0.381 e. The normalized spacial score (nSPS) is 20.8. The van der Waals surface area contributed by atoms with Gasteiger partial charge in [0.25, 0.3) is 0 Å². The molecular weight excluding hydrogens is 308 g/mol. The third-order valence-electron chi connectivity index (χ3n) is 3.83. The number of hydrogen-bond donors (Lipinski definition) is 2. The highest BCUT2D eigenvalue weighted by Gasteiger charge is 2.24. The Morgan fingerprint density at radius 1 is 1.14 bits per heavy atom. The van der Waals surface area contributed by atoms with Gasteiger partial charge in [-0.25, -0.2) is 13.1 Å². The Hall–Kier alpha value is -0.470. The van der Waals surface area contributed by atoms with Crippen LogP contribution in [0.25, 0.3) is 0 Å². The van der Waals surface area contributed by atoms with E-state index in [0.29, 0.717) is 23.5 Å². The Kier molecular flexibility index (Phi) is 4.96. The maximum atomic E-state index is 12.3. The van der Waals surface area contributed by atoms with Crippen molar-refractivity contribution in [2.45, 2.75) is 48.4 Å². The predicted molar refractivity (Wildman–Crippen MR) is 83.2 cm³/mol. The first kappa shape index (κ1) is 15.4. The third-order valence-corrected chi connectivity index (χ3v) is 6.98. The number of sulfonamides is 1. The lowest BCUT2D eigenvalue weighted by atomic mass is 10.1. The molecule has 5 nitrogen and oxygen atoms in total. The van der Waals surface area contributed by atoms with Crippen LogP contribution in [0, 0.1) is 0 Å². The van der Waals surface area contributed by atoms with Gasteiger partial charge >= 0.3 is 0 Å². The minimum atomic E-state index is -3.38. The van der Waals surface area contributed by atoms with Crippen molar-refractivity contribution in [3.8, 4) is 0 Å². The van der Waals surface area contributed by atoms with Gasteiger partial charge in [-0.15, -0.1) is 11.3 Å². The van der Waals surface area contributed by atoms with E-state index >= 15 is 0 Å². The van der Waals surface area contributed by atoms with Crippen molar-refractivity contribution in [2.24, 2.45) is 0 Å². The average molecular weight is 330 g/mol. The Balaban J connectivity index is 1.55. The van der Waals surface area contributed by atoms with E-state index < -0.39 is 10.0 Å². The maximum absolute atomic E-state index is 12.3. The van der Waals surface area contributed by atoms with Gasteiger partial charge in [-0.3, -0.25) is 0 Å². The molecule has 0 unspecified atom stereocenters. The number of hydrogen-bond acceptors (Lipinski definition) is 5. The van der Waals surface area contributed by atoms with Crippen LogP contribution in [0.5, 0.6) is 0 Å². The van der Waals surface area contributed by atoms with Crippen LogP contribution in [0.15, 0.2) is 16.3 Å². The fourth-order valence-corrected chi connectivity index (χ4v) is 5.09. The highest BCUT2D eigenvalue weighted by molar-refractivity contribution is 7.91. The Bertz CT molecular complexity index is 561. The van der Waals surface area contributed by atoms with Gasteiger partial charge in [0.2, 0.25) is 10.0 Å². The summed E-state index contributed by atoms with van der Waals surface area (Å²) < 4.78 is 33.2. The SMILES string of the molecule is O=S(=O)(NC1CCOCC1)c1ccc(CCNC2CC2)s1. The molecule has 0 amide bonds. The van der Waals surface area contributed by atoms with E-state index in [1.54, 1.807) is 6.07 Å². The number of thiophene rings is 1. The molecule has 2 aliphatic rings. The van der Waals surface area contributed by atoms with Gasteiger partial charge in [0.05, 0.1) is 0 Å². The topological polar surface area (TPSA) is 67.4 Å². The van der Waals surface area contributed by atoms with Crippen molar-refractivity contribution in [1.29, 1.82) is 0 Å². The molecule has 0 atom stereocenters. The first-order valence-electron chi connectivity index (χ1n) is 7.56. The first-order valence-corrected chi connectivity index (χ1v) is 9.85. The van der Waals surface area contributed by atoms with Crippen molar-refractivity contribution in [2.75, 3.05) is 19.8 Å². The van der Waals surface area contributed by atoms with Gasteiger partial charge in [-0.1, -0.05) is 0 Å². The Labute approximate surface area is 130 Å². The lowest BCUT2D eigenvalue weighted by Crippen LogP contribution is -2.38. The number of rotatable bonds is 7. The monoisotopic (exact) mass is 330 g/mol. The lowest BCUT2D eigenvalue weighted by molar-refractivity contribution is 0.0832. The second-order valence-electron chi connectivity index (χ2n) is 5.71. The molecule has 1 aliphatic carbocycles. The van der Waals surface area contributed by atoms with E-state index in [1.165, 1.54) is 24.2 Å². The molecule has 7 heteroatoms. The van der Waals surface area contributed by atoms with Crippen molar-refractivity contribution in [3.63, 3.8) is 0 Å². The van der Waals surface area contributed by atoms with E-state index in [-0.39, 0.29) is 6.04 Å². The molecule has 0 radical (unpaired) electrons. The molecule has 1 saturated carbocycles. The summed E-state index contributed by atoms with van der Waals surface area (Å²) in [5.74, 6) is 0. The zero-order valence-electron chi connectivity index (χ0n) is 12.0. The van der Waals surface area contributed by atoms with Gasteiger partial charge in [0.15, 0.2) is 0 Å². The second-order valence-corrected chi connectivity index (χ2v) is 8.82. The van der Waals surface area contributed by atoms with Crippen LogP contribution in [0.2, 0.25) is 0 Å². The summed E-state index contributed by atoms with van der Waals surface area (Å²) in [5, 5.41) is 3.45. The third kappa shape index (κ3) is 4.50. The molecule has 2 heterocycles. The Morgan fingerprint density at radius 2 is 1.90 bits per heavy atom. The standard InChI is InChI=1S/C14H22N2O3S2/c17-21(18,16-12-6-9-19-10-7-12)14-4-3-13(20-14)5-8-15-11-1-2-11/h3-4,11-12,15-16H,1-2,5-10H2.